The molecule has 0 radical (unpaired) electrons. The van der Waals surface area contributed by atoms with Crippen LogP contribution in [0.5, 0.6) is 0 Å². The summed E-state index contributed by atoms with van der Waals surface area (Å²) in [7, 11) is 0. The molecule has 0 amide bonds. The molecule has 1 aromatic carbocycles. The van der Waals surface area contributed by atoms with E-state index in [1.807, 2.05) is 44.2 Å². The number of fused-ring (bicyclic) bond motifs is 3. The Morgan fingerprint density at radius 3 is 2.76 bits per heavy atom. The molecule has 4 atom stereocenters. The average Bonchev–Trinajstić information content (AvgIpc) is 3.03. The minimum absolute atomic E-state index is 0.0689. The highest BCUT2D eigenvalue weighted by atomic mass is 16.8. The SMILES string of the molecule is CC1(C)O[C@H]2C(=O)[C@H]3C[C@@]3(COCc3ccccc3)[C@H]2O1. The minimum atomic E-state index is -0.662. The van der Waals surface area contributed by atoms with Gasteiger partial charge in [-0.15, -0.1) is 0 Å². The second-order valence-corrected chi connectivity index (χ2v) is 6.85. The van der Waals surface area contributed by atoms with Crippen molar-refractivity contribution < 1.29 is 19.0 Å². The summed E-state index contributed by atoms with van der Waals surface area (Å²) in [6.45, 7) is 4.88. The molecule has 0 unspecified atom stereocenters. The highest BCUT2D eigenvalue weighted by molar-refractivity contribution is 5.93. The molecule has 3 fully saturated rings. The molecule has 0 N–H and O–H groups in total. The monoisotopic (exact) mass is 288 g/mol. The number of rotatable bonds is 4. The van der Waals surface area contributed by atoms with E-state index in [-0.39, 0.29) is 29.3 Å². The van der Waals surface area contributed by atoms with Crippen molar-refractivity contribution in [2.45, 2.75) is 44.9 Å². The van der Waals surface area contributed by atoms with Gasteiger partial charge in [0.2, 0.25) is 0 Å². The topological polar surface area (TPSA) is 44.8 Å². The van der Waals surface area contributed by atoms with Gasteiger partial charge in [-0.1, -0.05) is 30.3 Å². The second-order valence-electron chi connectivity index (χ2n) is 6.85. The van der Waals surface area contributed by atoms with Crippen molar-refractivity contribution in [3.8, 4) is 0 Å². The Kier molecular flexibility index (Phi) is 2.80. The predicted octanol–water partition coefficient (Wildman–Crippen LogP) is 2.31. The van der Waals surface area contributed by atoms with E-state index in [0.717, 1.165) is 12.0 Å². The Morgan fingerprint density at radius 2 is 2.00 bits per heavy atom. The Bertz CT molecular complexity index is 567. The second kappa shape index (κ2) is 4.38. The summed E-state index contributed by atoms with van der Waals surface area (Å²) in [5.41, 5.74) is 1.00. The standard InChI is InChI=1S/C17H20O4/c1-16(2)20-14-13(18)12-8-17(12,15(14)21-16)10-19-9-11-6-4-3-5-7-11/h3-7,12,14-15H,8-10H2,1-2H3/t12-,14+,15+,17+/m1/s1. The maximum Gasteiger partial charge on any atom is 0.168 e. The molecular formula is C17H20O4. The van der Waals surface area contributed by atoms with E-state index in [1.165, 1.54) is 0 Å². The lowest BCUT2D eigenvalue weighted by Crippen LogP contribution is -2.33. The third-order valence-electron chi connectivity index (χ3n) is 4.89. The first-order valence-electron chi connectivity index (χ1n) is 7.53. The molecule has 4 heteroatoms. The van der Waals surface area contributed by atoms with Gasteiger partial charge in [-0.3, -0.25) is 4.79 Å². The van der Waals surface area contributed by atoms with Gasteiger partial charge in [-0.05, 0) is 25.8 Å². The van der Waals surface area contributed by atoms with Gasteiger partial charge >= 0.3 is 0 Å². The van der Waals surface area contributed by atoms with Crippen LogP contribution in [0.2, 0.25) is 0 Å². The fraction of sp³-hybridized carbons (Fsp3) is 0.588. The Hall–Kier alpha value is -1.23. The molecule has 0 bridgehead atoms. The Labute approximate surface area is 124 Å². The molecule has 1 heterocycles. The molecular weight excluding hydrogens is 268 g/mol. The molecule has 1 saturated heterocycles. The molecule has 4 rings (SSSR count). The van der Waals surface area contributed by atoms with Crippen LogP contribution in [0.15, 0.2) is 30.3 Å². The van der Waals surface area contributed by atoms with Gasteiger partial charge in [0.15, 0.2) is 11.6 Å². The van der Waals surface area contributed by atoms with Crippen LogP contribution in [-0.2, 0) is 25.6 Å². The van der Waals surface area contributed by atoms with Crippen molar-refractivity contribution in [2.24, 2.45) is 11.3 Å². The number of ketones is 1. The number of benzene rings is 1. The third kappa shape index (κ3) is 2.05. The molecule has 0 spiro atoms. The average molecular weight is 288 g/mol. The van der Waals surface area contributed by atoms with Crippen LogP contribution in [0.25, 0.3) is 0 Å². The van der Waals surface area contributed by atoms with Crippen molar-refractivity contribution in [3.63, 3.8) is 0 Å². The van der Waals surface area contributed by atoms with Crippen molar-refractivity contribution in [1.82, 2.24) is 0 Å². The van der Waals surface area contributed by atoms with Crippen LogP contribution >= 0.6 is 0 Å². The van der Waals surface area contributed by atoms with E-state index >= 15 is 0 Å². The quantitative estimate of drug-likeness (QED) is 0.853. The number of hydrogen-bond acceptors (Lipinski definition) is 4. The van der Waals surface area contributed by atoms with E-state index < -0.39 is 5.79 Å². The molecule has 2 saturated carbocycles. The number of carbonyl (C=O) groups is 1. The van der Waals surface area contributed by atoms with E-state index in [2.05, 4.69) is 0 Å². The third-order valence-corrected chi connectivity index (χ3v) is 4.89. The van der Waals surface area contributed by atoms with Gasteiger partial charge in [-0.2, -0.15) is 0 Å². The van der Waals surface area contributed by atoms with Crippen molar-refractivity contribution in [3.05, 3.63) is 35.9 Å². The highest BCUT2D eigenvalue weighted by Gasteiger charge is 2.75. The summed E-state index contributed by atoms with van der Waals surface area (Å²) in [6, 6.07) is 10.1. The van der Waals surface area contributed by atoms with E-state index in [0.29, 0.717) is 13.2 Å². The van der Waals surface area contributed by atoms with Crippen LogP contribution in [0, 0.1) is 11.3 Å². The van der Waals surface area contributed by atoms with Gasteiger partial charge < -0.3 is 14.2 Å². The smallest absolute Gasteiger partial charge is 0.168 e. The number of carbonyl (C=O) groups excluding carboxylic acids is 1. The minimum Gasteiger partial charge on any atom is -0.376 e. The Morgan fingerprint density at radius 1 is 1.24 bits per heavy atom. The first-order valence-corrected chi connectivity index (χ1v) is 7.53. The van der Waals surface area contributed by atoms with Gasteiger partial charge in [0.25, 0.3) is 0 Å². The van der Waals surface area contributed by atoms with Crippen molar-refractivity contribution >= 4 is 5.78 Å². The summed E-state index contributed by atoms with van der Waals surface area (Å²) in [6.07, 6.45) is 0.348. The number of ether oxygens (including phenoxy) is 3. The van der Waals surface area contributed by atoms with E-state index in [1.54, 1.807) is 0 Å². The largest absolute Gasteiger partial charge is 0.376 e. The lowest BCUT2D eigenvalue weighted by Gasteiger charge is -2.23. The summed E-state index contributed by atoms with van der Waals surface area (Å²) < 4.78 is 17.6. The zero-order valence-electron chi connectivity index (χ0n) is 12.4. The van der Waals surface area contributed by atoms with Crippen LogP contribution in [0.1, 0.15) is 25.8 Å². The van der Waals surface area contributed by atoms with Gasteiger partial charge in [0.05, 0.1) is 13.2 Å². The fourth-order valence-electron chi connectivity index (χ4n) is 3.78. The molecule has 0 aromatic heterocycles. The maximum absolute atomic E-state index is 12.3. The summed E-state index contributed by atoms with van der Waals surface area (Å²) in [5.74, 6) is -0.390. The van der Waals surface area contributed by atoms with Crippen LogP contribution in [0.4, 0.5) is 0 Å². The van der Waals surface area contributed by atoms with E-state index in [9.17, 15) is 4.79 Å². The summed E-state index contributed by atoms with van der Waals surface area (Å²) in [5, 5.41) is 0. The highest BCUT2D eigenvalue weighted by Crippen LogP contribution is 2.66. The molecule has 2 aliphatic carbocycles. The number of hydrogen-bond donors (Lipinski definition) is 0. The zero-order chi connectivity index (χ0) is 14.7. The molecule has 3 aliphatic rings. The zero-order valence-corrected chi connectivity index (χ0v) is 12.4. The van der Waals surface area contributed by atoms with Crippen molar-refractivity contribution in [1.29, 1.82) is 0 Å². The van der Waals surface area contributed by atoms with Crippen LogP contribution in [-0.4, -0.2) is 30.4 Å². The van der Waals surface area contributed by atoms with Crippen molar-refractivity contribution in [2.75, 3.05) is 6.61 Å². The first kappa shape index (κ1) is 13.4. The van der Waals surface area contributed by atoms with E-state index in [4.69, 9.17) is 14.2 Å². The molecule has 1 aliphatic heterocycles. The lowest BCUT2D eigenvalue weighted by molar-refractivity contribution is -0.166. The molecule has 4 nitrogen and oxygen atoms in total. The predicted molar refractivity (Wildman–Crippen MR) is 75.5 cm³/mol. The fourth-order valence-corrected chi connectivity index (χ4v) is 3.78. The molecule has 1 aromatic rings. The van der Waals surface area contributed by atoms with Crippen LogP contribution in [0.3, 0.4) is 0 Å². The van der Waals surface area contributed by atoms with Gasteiger partial charge in [-0.25, -0.2) is 0 Å². The first-order chi connectivity index (χ1) is 10.0. The lowest BCUT2D eigenvalue weighted by atomic mass is 10.0. The van der Waals surface area contributed by atoms with Gasteiger partial charge in [0.1, 0.15) is 12.2 Å². The maximum atomic E-state index is 12.3. The molecule has 21 heavy (non-hydrogen) atoms. The normalized spacial score (nSPS) is 39.1. The van der Waals surface area contributed by atoms with Crippen LogP contribution < -0.4 is 0 Å². The molecule has 112 valence electrons. The van der Waals surface area contributed by atoms with Gasteiger partial charge in [0, 0.05) is 11.3 Å². The number of Topliss-reactive ketones (excluding diaryl/α,β-unsaturated/α-hetero) is 1. The summed E-state index contributed by atoms with van der Waals surface area (Å²) >= 11 is 0. The summed E-state index contributed by atoms with van der Waals surface area (Å²) in [4.78, 5) is 12.3. The Balaban J connectivity index is 1.43.